The first-order chi connectivity index (χ1) is 6.76. The second-order valence-electron chi connectivity index (χ2n) is 3.40. The lowest BCUT2D eigenvalue weighted by molar-refractivity contribution is 0.452. The van der Waals surface area contributed by atoms with Crippen LogP contribution in [-0.2, 0) is 0 Å². The fraction of sp³-hybridized carbons (Fsp3) is 0.700. The summed E-state index contributed by atoms with van der Waals surface area (Å²) in [6, 6.07) is 0. The Morgan fingerprint density at radius 2 is 2.43 bits per heavy atom. The first kappa shape index (κ1) is 12.0. The summed E-state index contributed by atoms with van der Waals surface area (Å²) >= 11 is 6.02. The van der Waals surface area contributed by atoms with E-state index in [0.717, 1.165) is 22.4 Å². The van der Waals surface area contributed by atoms with Crippen molar-refractivity contribution in [1.82, 2.24) is 4.98 Å². The summed E-state index contributed by atoms with van der Waals surface area (Å²) in [5, 5.41) is 0.783. The van der Waals surface area contributed by atoms with E-state index in [2.05, 4.69) is 24.5 Å². The average molecular weight is 231 g/mol. The molecule has 0 saturated heterocycles. The number of hydrogen-bond donors (Lipinski definition) is 1. The zero-order chi connectivity index (χ0) is 10.4. The molecule has 0 spiro atoms. The van der Waals surface area contributed by atoms with E-state index in [-0.39, 0.29) is 0 Å². The van der Waals surface area contributed by atoms with Gasteiger partial charge in [0, 0.05) is 5.75 Å². The van der Waals surface area contributed by atoms with Crippen LogP contribution in [0.25, 0.3) is 0 Å². The molecule has 4 heteroatoms. The molecule has 0 aliphatic heterocycles. The highest BCUT2D eigenvalue weighted by atomic mass is 32.2. The van der Waals surface area contributed by atoms with Crippen LogP contribution in [0.5, 0.6) is 0 Å². The van der Waals surface area contributed by atoms with Gasteiger partial charge in [-0.2, -0.15) is 12.6 Å². The van der Waals surface area contributed by atoms with Crippen LogP contribution in [0.3, 0.4) is 0 Å². The van der Waals surface area contributed by atoms with Crippen molar-refractivity contribution in [3.8, 4) is 0 Å². The SMILES string of the molecule is CCCC(CS)CSc1nc(C)co1. The molecule has 80 valence electrons. The van der Waals surface area contributed by atoms with Crippen LogP contribution in [0.15, 0.2) is 15.9 Å². The Kier molecular flexibility index (Phi) is 5.48. The van der Waals surface area contributed by atoms with Gasteiger partial charge in [0.05, 0.1) is 5.69 Å². The maximum Gasteiger partial charge on any atom is 0.255 e. The van der Waals surface area contributed by atoms with Gasteiger partial charge in [-0.05, 0) is 25.0 Å². The molecule has 1 rings (SSSR count). The number of aryl methyl sites for hydroxylation is 1. The number of nitrogens with zero attached hydrogens (tertiary/aromatic N) is 1. The predicted octanol–water partition coefficient (Wildman–Crippen LogP) is 3.42. The number of rotatable bonds is 6. The highest BCUT2D eigenvalue weighted by Gasteiger charge is 2.08. The van der Waals surface area contributed by atoms with E-state index in [1.165, 1.54) is 12.8 Å². The van der Waals surface area contributed by atoms with Gasteiger partial charge in [0.25, 0.3) is 5.22 Å². The van der Waals surface area contributed by atoms with Crippen molar-refractivity contribution >= 4 is 24.4 Å². The maximum absolute atomic E-state index is 5.26. The van der Waals surface area contributed by atoms with Crippen molar-refractivity contribution in [2.24, 2.45) is 5.92 Å². The molecular formula is C10H17NOS2. The molecule has 1 aromatic heterocycles. The summed E-state index contributed by atoms with van der Waals surface area (Å²) in [6.45, 7) is 4.14. The number of hydrogen-bond acceptors (Lipinski definition) is 4. The van der Waals surface area contributed by atoms with Crippen LogP contribution in [-0.4, -0.2) is 16.5 Å². The van der Waals surface area contributed by atoms with Crippen LogP contribution in [0.2, 0.25) is 0 Å². The molecule has 0 N–H and O–H groups in total. The molecule has 0 bridgehead atoms. The Morgan fingerprint density at radius 3 is 2.93 bits per heavy atom. The number of thioether (sulfide) groups is 1. The molecule has 1 atom stereocenters. The van der Waals surface area contributed by atoms with Gasteiger partial charge >= 0.3 is 0 Å². The fourth-order valence-electron chi connectivity index (χ4n) is 1.22. The molecule has 14 heavy (non-hydrogen) atoms. The van der Waals surface area contributed by atoms with E-state index >= 15 is 0 Å². The molecule has 0 aromatic carbocycles. The topological polar surface area (TPSA) is 26.0 Å². The smallest absolute Gasteiger partial charge is 0.255 e. The summed E-state index contributed by atoms with van der Waals surface area (Å²) in [5.41, 5.74) is 0.949. The first-order valence-corrected chi connectivity index (χ1v) is 6.53. The lowest BCUT2D eigenvalue weighted by Crippen LogP contribution is -2.04. The quantitative estimate of drug-likeness (QED) is 0.600. The highest BCUT2D eigenvalue weighted by molar-refractivity contribution is 7.99. The minimum atomic E-state index is 0.667. The van der Waals surface area contributed by atoms with E-state index in [0.29, 0.717) is 5.92 Å². The third-order valence-corrected chi connectivity index (χ3v) is 3.58. The van der Waals surface area contributed by atoms with Crippen LogP contribution in [0, 0.1) is 12.8 Å². The Balaban J connectivity index is 2.31. The second kappa shape index (κ2) is 6.40. The van der Waals surface area contributed by atoms with E-state index in [1.807, 2.05) is 6.92 Å². The van der Waals surface area contributed by atoms with Crippen molar-refractivity contribution < 1.29 is 4.42 Å². The molecule has 0 aliphatic rings. The summed E-state index contributed by atoms with van der Waals surface area (Å²) in [5.74, 6) is 2.67. The molecule has 0 fully saturated rings. The molecular weight excluding hydrogens is 214 g/mol. The minimum Gasteiger partial charge on any atom is -0.440 e. The van der Waals surface area contributed by atoms with Crippen LogP contribution in [0.1, 0.15) is 25.5 Å². The first-order valence-electron chi connectivity index (χ1n) is 4.92. The van der Waals surface area contributed by atoms with Crippen LogP contribution >= 0.6 is 24.4 Å². The molecule has 0 saturated carbocycles. The van der Waals surface area contributed by atoms with E-state index in [4.69, 9.17) is 4.42 Å². The van der Waals surface area contributed by atoms with E-state index < -0.39 is 0 Å². The monoisotopic (exact) mass is 231 g/mol. The minimum absolute atomic E-state index is 0.667. The Bertz CT molecular complexity index is 262. The largest absolute Gasteiger partial charge is 0.440 e. The van der Waals surface area contributed by atoms with Crippen molar-refractivity contribution in [2.45, 2.75) is 31.9 Å². The highest BCUT2D eigenvalue weighted by Crippen LogP contribution is 2.22. The Labute approximate surface area is 95.3 Å². The van der Waals surface area contributed by atoms with Crippen molar-refractivity contribution in [3.05, 3.63) is 12.0 Å². The third-order valence-electron chi connectivity index (χ3n) is 2.00. The second-order valence-corrected chi connectivity index (χ2v) is 4.74. The van der Waals surface area contributed by atoms with Gasteiger partial charge in [-0.15, -0.1) is 0 Å². The van der Waals surface area contributed by atoms with Gasteiger partial charge in [0.15, 0.2) is 0 Å². The fourth-order valence-corrected chi connectivity index (χ4v) is 2.70. The van der Waals surface area contributed by atoms with Crippen molar-refractivity contribution in [3.63, 3.8) is 0 Å². The van der Waals surface area contributed by atoms with Gasteiger partial charge < -0.3 is 4.42 Å². The van der Waals surface area contributed by atoms with E-state index in [1.54, 1.807) is 18.0 Å². The Morgan fingerprint density at radius 1 is 1.64 bits per heavy atom. The number of aromatic nitrogens is 1. The molecule has 2 nitrogen and oxygen atoms in total. The summed E-state index contributed by atoms with van der Waals surface area (Å²) < 4.78 is 5.26. The Hall–Kier alpha value is -0.0900. The lowest BCUT2D eigenvalue weighted by atomic mass is 10.1. The predicted molar refractivity (Wildman–Crippen MR) is 64.2 cm³/mol. The lowest BCUT2D eigenvalue weighted by Gasteiger charge is -2.10. The summed E-state index contributed by atoms with van der Waals surface area (Å²) in [6.07, 6.45) is 4.14. The normalized spacial score (nSPS) is 13.1. The molecule has 0 radical (unpaired) electrons. The van der Waals surface area contributed by atoms with Crippen LogP contribution < -0.4 is 0 Å². The molecule has 1 unspecified atom stereocenters. The van der Waals surface area contributed by atoms with Crippen LogP contribution in [0.4, 0.5) is 0 Å². The standard InChI is InChI=1S/C10H17NOS2/c1-3-4-9(6-13)7-14-10-11-8(2)5-12-10/h5,9,13H,3-4,6-7H2,1-2H3. The van der Waals surface area contributed by atoms with Gasteiger partial charge in [0.1, 0.15) is 6.26 Å². The van der Waals surface area contributed by atoms with Crippen molar-refractivity contribution in [2.75, 3.05) is 11.5 Å². The molecule has 0 amide bonds. The van der Waals surface area contributed by atoms with E-state index in [9.17, 15) is 0 Å². The van der Waals surface area contributed by atoms with Gasteiger partial charge in [0.2, 0.25) is 0 Å². The number of oxazole rings is 1. The molecule has 0 aliphatic carbocycles. The third kappa shape index (κ3) is 3.96. The average Bonchev–Trinajstić information content (AvgIpc) is 2.59. The zero-order valence-corrected chi connectivity index (χ0v) is 10.4. The molecule has 1 heterocycles. The summed E-state index contributed by atoms with van der Waals surface area (Å²) in [4.78, 5) is 4.25. The van der Waals surface area contributed by atoms with Crippen molar-refractivity contribution in [1.29, 1.82) is 0 Å². The van der Waals surface area contributed by atoms with Gasteiger partial charge in [-0.3, -0.25) is 0 Å². The molecule has 1 aromatic rings. The maximum atomic E-state index is 5.26. The summed E-state index contributed by atoms with van der Waals surface area (Å²) in [7, 11) is 0. The van der Waals surface area contributed by atoms with Gasteiger partial charge in [-0.25, -0.2) is 4.98 Å². The van der Waals surface area contributed by atoms with Gasteiger partial charge in [-0.1, -0.05) is 25.1 Å². The number of thiol groups is 1. The zero-order valence-electron chi connectivity index (χ0n) is 8.69.